The number of amides is 2. The molecule has 2 amide bonds. The lowest BCUT2D eigenvalue weighted by Crippen LogP contribution is -2.30. The van der Waals surface area contributed by atoms with Crippen LogP contribution in [0.15, 0.2) is 48.9 Å². The number of carbonyl (C=O) groups excluding carboxylic acids is 2. The highest BCUT2D eigenvalue weighted by molar-refractivity contribution is 6.04. The largest absolute Gasteiger partial charge is 0.390 e. The third-order valence-corrected chi connectivity index (χ3v) is 6.49. The molecule has 1 atom stereocenters. The van der Waals surface area contributed by atoms with Gasteiger partial charge in [-0.3, -0.25) is 19.0 Å². The van der Waals surface area contributed by atoms with Gasteiger partial charge in [0.05, 0.1) is 23.9 Å². The van der Waals surface area contributed by atoms with E-state index >= 15 is 4.39 Å². The van der Waals surface area contributed by atoms with Gasteiger partial charge in [-0.2, -0.15) is 0 Å². The van der Waals surface area contributed by atoms with Gasteiger partial charge in [-0.1, -0.05) is 5.92 Å². The Balaban J connectivity index is 1.56. The number of rotatable bonds is 5. The molecule has 1 aliphatic heterocycles. The van der Waals surface area contributed by atoms with E-state index in [9.17, 15) is 14.7 Å². The first kappa shape index (κ1) is 25.0. The molecule has 1 saturated heterocycles. The average molecular weight is 513 g/mol. The van der Waals surface area contributed by atoms with Crippen LogP contribution in [0.5, 0.6) is 0 Å². The van der Waals surface area contributed by atoms with E-state index < -0.39 is 11.7 Å². The van der Waals surface area contributed by atoms with Crippen LogP contribution in [0, 0.1) is 24.6 Å². The summed E-state index contributed by atoms with van der Waals surface area (Å²) in [5.41, 5.74) is 2.21. The molecule has 3 aromatic heterocycles. The summed E-state index contributed by atoms with van der Waals surface area (Å²) < 4.78 is 17.3. The number of aryl methyl sites for hydroxylation is 1. The van der Waals surface area contributed by atoms with E-state index in [-0.39, 0.29) is 35.4 Å². The summed E-state index contributed by atoms with van der Waals surface area (Å²) in [5.74, 6) is 4.67. The third kappa shape index (κ3) is 4.60. The number of nitrogens with one attached hydrogen (secondary N) is 1. The molecule has 0 unspecified atom stereocenters. The Kier molecular flexibility index (Phi) is 6.85. The van der Waals surface area contributed by atoms with Gasteiger partial charge >= 0.3 is 0 Å². The van der Waals surface area contributed by atoms with Gasteiger partial charge in [-0.15, -0.1) is 0 Å². The van der Waals surface area contributed by atoms with Crippen molar-refractivity contribution in [3.05, 3.63) is 77.4 Å². The molecule has 0 spiro atoms. The van der Waals surface area contributed by atoms with Crippen LogP contribution >= 0.6 is 0 Å². The zero-order valence-corrected chi connectivity index (χ0v) is 20.9. The quantitative estimate of drug-likeness (QED) is 0.395. The molecule has 0 aliphatic carbocycles. The molecule has 0 bridgehead atoms. The number of aromatic nitrogens is 4. The lowest BCUT2D eigenvalue weighted by atomic mass is 10.1. The number of hydrogen-bond acceptors (Lipinski definition) is 6. The molecule has 38 heavy (non-hydrogen) atoms. The first-order chi connectivity index (χ1) is 18.4. The molecule has 192 valence electrons. The van der Waals surface area contributed by atoms with Crippen molar-refractivity contribution in [3.8, 4) is 23.1 Å². The number of hydrogen-bond donors (Lipinski definition) is 2. The normalized spacial score (nSPS) is 14.8. The number of aliphatic hydroxyl groups is 1. The molecule has 4 aromatic rings. The number of fused-ring (bicyclic) bond motifs is 1. The van der Waals surface area contributed by atoms with E-state index in [4.69, 9.17) is 4.98 Å². The Morgan fingerprint density at radius 3 is 2.79 bits per heavy atom. The Labute approximate surface area is 218 Å². The summed E-state index contributed by atoms with van der Waals surface area (Å²) in [4.78, 5) is 40.2. The second kappa shape index (κ2) is 10.4. The fraction of sp³-hybridized carbons (Fsp3) is 0.250. The maximum absolute atomic E-state index is 15.5. The molecule has 0 radical (unpaired) electrons. The maximum atomic E-state index is 15.5. The van der Waals surface area contributed by atoms with Gasteiger partial charge in [0.1, 0.15) is 23.2 Å². The van der Waals surface area contributed by atoms with Crippen LogP contribution < -0.4 is 5.32 Å². The second-order valence-electron chi connectivity index (χ2n) is 8.97. The topological polar surface area (TPSA) is 113 Å². The van der Waals surface area contributed by atoms with Gasteiger partial charge in [0, 0.05) is 36.3 Å². The summed E-state index contributed by atoms with van der Waals surface area (Å²) >= 11 is 0. The molecule has 0 saturated carbocycles. The first-order valence-electron chi connectivity index (χ1n) is 12.1. The van der Waals surface area contributed by atoms with Crippen molar-refractivity contribution in [1.82, 2.24) is 24.3 Å². The van der Waals surface area contributed by atoms with Crippen molar-refractivity contribution in [2.24, 2.45) is 0 Å². The van der Waals surface area contributed by atoms with Crippen LogP contribution in [0.25, 0.3) is 16.8 Å². The van der Waals surface area contributed by atoms with Crippen LogP contribution in [0.2, 0.25) is 0 Å². The molecule has 9 nitrogen and oxygen atoms in total. The Hall–Kier alpha value is -4.62. The monoisotopic (exact) mass is 512 g/mol. The Morgan fingerprint density at radius 1 is 1.21 bits per heavy atom. The van der Waals surface area contributed by atoms with Crippen LogP contribution in [0.4, 0.5) is 10.2 Å². The molecular formula is C28H25FN6O3. The number of carbonyl (C=O) groups is 2. The first-order valence-corrected chi connectivity index (χ1v) is 12.1. The van der Waals surface area contributed by atoms with Crippen molar-refractivity contribution < 1.29 is 19.1 Å². The van der Waals surface area contributed by atoms with Crippen molar-refractivity contribution in [1.29, 1.82) is 0 Å². The van der Waals surface area contributed by atoms with Crippen molar-refractivity contribution in [2.45, 2.75) is 39.3 Å². The predicted molar refractivity (Wildman–Crippen MR) is 138 cm³/mol. The number of likely N-dealkylation sites (tertiary alicyclic amines) is 1. The van der Waals surface area contributed by atoms with E-state index in [0.717, 1.165) is 18.1 Å². The summed E-state index contributed by atoms with van der Waals surface area (Å²) in [7, 11) is 0. The number of imidazole rings is 1. The minimum atomic E-state index is -0.662. The van der Waals surface area contributed by atoms with E-state index in [2.05, 4.69) is 27.1 Å². The maximum Gasteiger partial charge on any atom is 0.299 e. The van der Waals surface area contributed by atoms with E-state index in [1.807, 2.05) is 6.92 Å². The summed E-state index contributed by atoms with van der Waals surface area (Å²) in [6.07, 6.45) is 6.24. The lowest BCUT2D eigenvalue weighted by molar-refractivity contribution is -0.126. The molecule has 1 aliphatic rings. The predicted octanol–water partition coefficient (Wildman–Crippen LogP) is 3.67. The SMILES string of the molecule is CC#CC(=O)N1CCC[C@H]1c1nc(-c2ccc(C(=O)Nc3cc(C)ccn3)cc2F)c2c(CO)nccn12. The molecule has 10 heteroatoms. The standard InChI is InChI=1S/C28H25FN6O3/c1-3-5-24(37)34-12-4-6-22(34)27-33-25(26-21(16-36)30-11-13-35(26)27)19-8-7-18(15-20(19)29)28(38)32-23-14-17(2)9-10-31-23/h7-11,13-15,22,36H,4,6,12,16H2,1-2H3,(H,31,32,38)/t22-/m0/s1. The van der Waals surface area contributed by atoms with E-state index in [0.29, 0.717) is 35.8 Å². The molecular weight excluding hydrogens is 487 g/mol. The highest BCUT2D eigenvalue weighted by Gasteiger charge is 2.34. The fourth-order valence-electron chi connectivity index (χ4n) is 4.76. The number of nitrogens with zero attached hydrogens (tertiary/aromatic N) is 5. The van der Waals surface area contributed by atoms with E-state index in [1.54, 1.807) is 40.8 Å². The lowest BCUT2D eigenvalue weighted by Gasteiger charge is -2.21. The fourth-order valence-corrected chi connectivity index (χ4v) is 4.76. The molecule has 2 N–H and O–H groups in total. The number of anilines is 1. The molecule has 1 aromatic carbocycles. The zero-order chi connectivity index (χ0) is 26.8. The van der Waals surface area contributed by atoms with Crippen LogP contribution in [0.1, 0.15) is 53.2 Å². The van der Waals surface area contributed by atoms with Gasteiger partial charge in [0.15, 0.2) is 0 Å². The van der Waals surface area contributed by atoms with Gasteiger partial charge < -0.3 is 15.3 Å². The van der Waals surface area contributed by atoms with Crippen LogP contribution in [-0.4, -0.2) is 47.7 Å². The summed E-state index contributed by atoms with van der Waals surface area (Å²) in [6.45, 7) is 3.63. The number of halogens is 1. The van der Waals surface area contributed by atoms with Crippen molar-refractivity contribution >= 4 is 23.1 Å². The zero-order valence-electron chi connectivity index (χ0n) is 20.9. The van der Waals surface area contributed by atoms with Crippen LogP contribution in [0.3, 0.4) is 0 Å². The minimum Gasteiger partial charge on any atom is -0.390 e. The van der Waals surface area contributed by atoms with Crippen molar-refractivity contribution in [3.63, 3.8) is 0 Å². The Bertz CT molecular complexity index is 1620. The van der Waals surface area contributed by atoms with Crippen molar-refractivity contribution in [2.75, 3.05) is 11.9 Å². The number of benzene rings is 1. The smallest absolute Gasteiger partial charge is 0.299 e. The molecule has 1 fully saturated rings. The van der Waals surface area contributed by atoms with Gasteiger partial charge in [0.25, 0.3) is 11.8 Å². The summed E-state index contributed by atoms with van der Waals surface area (Å²) in [5, 5.41) is 12.7. The highest BCUT2D eigenvalue weighted by Crippen LogP contribution is 2.36. The molecule has 4 heterocycles. The number of aliphatic hydroxyl groups excluding tert-OH is 1. The van der Waals surface area contributed by atoms with E-state index in [1.165, 1.54) is 18.3 Å². The Morgan fingerprint density at radius 2 is 2.05 bits per heavy atom. The second-order valence-corrected chi connectivity index (χ2v) is 8.97. The van der Waals surface area contributed by atoms with Crippen LogP contribution in [-0.2, 0) is 11.4 Å². The summed E-state index contributed by atoms with van der Waals surface area (Å²) in [6, 6.07) is 7.28. The minimum absolute atomic E-state index is 0.115. The third-order valence-electron chi connectivity index (χ3n) is 6.49. The van der Waals surface area contributed by atoms with Gasteiger partial charge in [0.2, 0.25) is 0 Å². The number of pyridine rings is 1. The highest BCUT2D eigenvalue weighted by atomic mass is 19.1. The molecule has 5 rings (SSSR count). The van der Waals surface area contributed by atoms with Gasteiger partial charge in [-0.25, -0.2) is 14.4 Å². The van der Waals surface area contributed by atoms with Gasteiger partial charge in [-0.05, 0) is 68.5 Å². The average Bonchev–Trinajstić information content (AvgIpc) is 3.54.